The Hall–Kier alpha value is -4.52. The summed E-state index contributed by atoms with van der Waals surface area (Å²) in [4.78, 5) is 30.6. The highest BCUT2D eigenvalue weighted by Gasteiger charge is 2.32. The molecule has 1 fully saturated rings. The van der Waals surface area contributed by atoms with Crippen LogP contribution in [0.4, 0.5) is 22.0 Å². The summed E-state index contributed by atoms with van der Waals surface area (Å²) >= 11 is -0.0177. The predicted molar refractivity (Wildman–Crippen MR) is 198 cm³/mol. The zero-order valence-electron chi connectivity index (χ0n) is 51.2. The molecule has 4 aromatic carbocycles. The Kier molecular flexibility index (Phi) is 5.72. The number of carbonyl (C=O) groups excluding carboxylic acids is 1. The SMILES string of the molecule is [2H]c1c([2H])c(F)c(F)c(CSc2c([2H])c(=O)c3c([2H])c([2H])c([2H])c([2H])c3n2C([2H])([2H])C(=O)N(C2CCN(C([2H])([2H])COC([2H])([2H])[2H])CC2)C([2H])([2H])c2c([2H])c([2H])c(-c3c([2H])c([2H])c(C(F)(F)F)c(C)c3[2H])c([2H])c2[2H])c1[2H]. The van der Waals surface area contributed by atoms with Crippen LogP contribution in [0.2, 0.25) is 0 Å². The van der Waals surface area contributed by atoms with Crippen LogP contribution in [-0.4, -0.2) is 59.5 Å². The number of rotatable bonds is 12. The van der Waals surface area contributed by atoms with E-state index in [9.17, 15) is 27.8 Å². The maximum Gasteiger partial charge on any atom is 0.416 e. The summed E-state index contributed by atoms with van der Waals surface area (Å²) in [6.45, 7) is -12.1. The van der Waals surface area contributed by atoms with Crippen LogP contribution in [-0.2, 0) is 34.5 Å². The number of ether oxygens (including phenoxy) is 1. The van der Waals surface area contributed by atoms with E-state index in [0.717, 1.165) is 11.8 Å². The van der Waals surface area contributed by atoms with Gasteiger partial charge in [-0.05, 0) is 66.2 Å². The third-order valence-electron chi connectivity index (χ3n) is 7.75. The van der Waals surface area contributed by atoms with Crippen molar-refractivity contribution in [1.29, 1.82) is 0 Å². The molecular formula is C41H40F5N3O3S. The van der Waals surface area contributed by atoms with Crippen molar-refractivity contribution < 1.29 is 64.4 Å². The van der Waals surface area contributed by atoms with Gasteiger partial charge in [0.25, 0.3) is 0 Å². The maximum absolute atomic E-state index is 15.6. The van der Waals surface area contributed by atoms with Crippen molar-refractivity contribution in [3.63, 3.8) is 0 Å². The van der Waals surface area contributed by atoms with E-state index in [4.69, 9.17) is 27.4 Å². The minimum Gasteiger partial charge on any atom is -0.383 e. The third kappa shape index (κ3) is 9.00. The Balaban J connectivity index is 1.66. The van der Waals surface area contributed by atoms with Gasteiger partial charge in [-0.25, -0.2) is 8.78 Å². The first-order chi connectivity index (χ1) is 35.1. The number of piperidine rings is 1. The molecule has 53 heavy (non-hydrogen) atoms. The number of hydrogen-bond acceptors (Lipinski definition) is 5. The fourth-order valence-corrected chi connectivity index (χ4v) is 6.10. The minimum absolute atomic E-state index is 0.0167. The van der Waals surface area contributed by atoms with Gasteiger partial charge in [0.1, 0.15) is 6.50 Å². The first-order valence-electron chi connectivity index (χ1n) is 27.3. The van der Waals surface area contributed by atoms with Crippen LogP contribution in [0.25, 0.3) is 22.0 Å². The lowest BCUT2D eigenvalue weighted by Gasteiger charge is -2.39. The second-order valence-corrected chi connectivity index (χ2v) is 12.1. The van der Waals surface area contributed by atoms with Crippen LogP contribution in [0.15, 0.2) is 100 Å². The molecule has 0 aliphatic carbocycles. The van der Waals surface area contributed by atoms with Crippen LogP contribution in [0.3, 0.4) is 0 Å². The molecule has 6 rings (SSSR count). The lowest BCUT2D eigenvalue weighted by Crippen LogP contribution is -2.48. The van der Waals surface area contributed by atoms with Crippen molar-refractivity contribution in [2.45, 2.75) is 55.8 Å². The van der Waals surface area contributed by atoms with E-state index in [-0.39, 0.29) is 21.2 Å². The molecule has 0 bridgehead atoms. The van der Waals surface area contributed by atoms with Crippen LogP contribution < -0.4 is 5.43 Å². The van der Waals surface area contributed by atoms with E-state index < -0.39 is 240 Å². The summed E-state index contributed by atoms with van der Waals surface area (Å²) in [6.07, 6.45) is -6.56. The van der Waals surface area contributed by atoms with Crippen molar-refractivity contribution in [3.8, 4) is 11.1 Å². The van der Waals surface area contributed by atoms with Gasteiger partial charge in [-0.3, -0.25) is 9.59 Å². The van der Waals surface area contributed by atoms with E-state index in [2.05, 4.69) is 4.74 Å². The molecule has 0 unspecified atom stereocenters. The normalized spacial score (nSPS) is 21.7. The second-order valence-electron chi connectivity index (χ2n) is 11.2. The van der Waals surface area contributed by atoms with Crippen LogP contribution in [0.5, 0.6) is 0 Å². The molecule has 0 radical (unpaired) electrons. The van der Waals surface area contributed by atoms with Gasteiger partial charge in [0.15, 0.2) is 17.1 Å². The Labute approximate surface area is 342 Å². The fraction of sp³-hybridized carbons (Fsp3) is 0.317. The van der Waals surface area contributed by atoms with Crippen LogP contribution in [0.1, 0.15) is 68.0 Å². The zero-order valence-corrected chi connectivity index (χ0v) is 28.0. The number of methoxy groups -OCH3 is 1. The van der Waals surface area contributed by atoms with Gasteiger partial charge in [0, 0.05) is 64.6 Å². The summed E-state index contributed by atoms with van der Waals surface area (Å²) in [6, 6.07) is -21.3. The van der Waals surface area contributed by atoms with E-state index in [1.54, 1.807) is 0 Å². The number of hydrogen-bond donors (Lipinski definition) is 0. The number of thioether (sulfide) groups is 1. The Morgan fingerprint density at radius 2 is 1.74 bits per heavy atom. The molecule has 5 aromatic rings. The molecule has 0 saturated carbocycles. The van der Waals surface area contributed by atoms with Crippen molar-refractivity contribution in [2.75, 3.05) is 33.2 Å². The lowest BCUT2D eigenvalue weighted by molar-refractivity contribution is -0.138. The number of aromatic nitrogens is 1. The van der Waals surface area contributed by atoms with Gasteiger partial charge in [0.05, 0.1) is 52.9 Å². The van der Waals surface area contributed by atoms with Gasteiger partial charge in [-0.1, -0.05) is 60.4 Å². The molecule has 1 saturated heterocycles. The molecule has 6 nitrogen and oxygen atoms in total. The highest BCUT2D eigenvalue weighted by molar-refractivity contribution is 7.98. The smallest absolute Gasteiger partial charge is 0.383 e. The molecule has 0 atom stereocenters. The molecule has 1 aromatic heterocycles. The highest BCUT2D eigenvalue weighted by atomic mass is 32.2. The van der Waals surface area contributed by atoms with Gasteiger partial charge >= 0.3 is 6.18 Å². The van der Waals surface area contributed by atoms with E-state index >= 15 is 9.18 Å². The van der Waals surface area contributed by atoms with Gasteiger partial charge in [-0.2, -0.15) is 13.2 Å². The van der Waals surface area contributed by atoms with Crippen molar-refractivity contribution in [2.24, 2.45) is 0 Å². The second kappa shape index (κ2) is 16.7. The Bertz CT molecular complexity index is 3260. The first-order valence-corrected chi connectivity index (χ1v) is 16.3. The number of pyridine rings is 1. The van der Waals surface area contributed by atoms with Gasteiger partial charge in [-0.15, -0.1) is 11.8 Å². The van der Waals surface area contributed by atoms with E-state index in [1.165, 1.54) is 0 Å². The summed E-state index contributed by atoms with van der Waals surface area (Å²) < 4.78 is 283. The van der Waals surface area contributed by atoms with Crippen molar-refractivity contribution in [3.05, 3.63) is 135 Å². The van der Waals surface area contributed by atoms with Gasteiger partial charge in [0.2, 0.25) is 5.91 Å². The van der Waals surface area contributed by atoms with Crippen LogP contribution in [0, 0.1) is 18.6 Å². The predicted octanol–water partition coefficient (Wildman–Crippen LogP) is 8.71. The van der Waals surface area contributed by atoms with E-state index in [1.807, 2.05) is 0 Å². The molecule has 1 aliphatic heterocycles. The molecule has 0 N–H and O–H groups in total. The number of likely N-dealkylation sites (tertiary alicyclic amines) is 1. The summed E-state index contributed by atoms with van der Waals surface area (Å²) in [5, 5.41) is -2.29. The molecule has 1 amide bonds. The summed E-state index contributed by atoms with van der Waals surface area (Å²) in [5.41, 5.74) is -10.0. The average Bonchev–Trinajstić information content (AvgIpc) is 3.33. The van der Waals surface area contributed by atoms with Gasteiger partial charge < -0.3 is 19.1 Å². The highest BCUT2D eigenvalue weighted by Crippen LogP contribution is 2.34. The number of fused-ring (bicyclic) bond motifs is 1. The topological polar surface area (TPSA) is 54.8 Å². The molecule has 278 valence electrons. The maximum atomic E-state index is 15.6. The Morgan fingerprint density at radius 3 is 2.47 bits per heavy atom. The average molecular weight is 774 g/mol. The zero-order chi connectivity index (χ0) is 58.6. The first kappa shape index (κ1) is 18.2. The van der Waals surface area contributed by atoms with Crippen LogP contribution >= 0.6 is 11.8 Å². The quantitative estimate of drug-likeness (QED) is 0.0939. The summed E-state index contributed by atoms with van der Waals surface area (Å²) in [5.74, 6) is -7.13. The molecule has 1 aliphatic rings. The van der Waals surface area contributed by atoms with Crippen molar-refractivity contribution >= 4 is 28.6 Å². The molecule has 0 spiro atoms. The van der Waals surface area contributed by atoms with E-state index in [0.29, 0.717) is 0 Å². The Morgan fingerprint density at radius 1 is 1.00 bits per heavy atom. The number of alkyl halides is 3. The largest absolute Gasteiger partial charge is 0.416 e. The number of para-hydroxylation sites is 1. The standard InChI is InChI=1S/C41H40F5N3O3S/c1-27-22-30(14-15-34(27)41(44,45)46)29-12-10-28(11-13-29)24-48(32-16-18-47(19-17-32)20-21-52-2)38(51)25-49-36-9-4-3-7-33(36)37(50)23-39(49)53-26-31-6-5-8-35(42)40(31)43/h3-15,22-23,32H,16-21,24-26H2,1-2H3/i2D3,3D,4D,5D,6D,7D,8D,9D,10D,11D,12D,13D,14D,15D,20D2,22D,23D,24D2,25D2. The third-order valence-corrected chi connectivity index (χ3v) is 8.74. The van der Waals surface area contributed by atoms with Crippen molar-refractivity contribution in [1.82, 2.24) is 14.4 Å². The lowest BCUT2D eigenvalue weighted by atomic mass is 9.98. The number of carbonyl (C=O) groups is 1. The number of nitrogens with zero attached hydrogens (tertiary/aromatic N) is 3. The monoisotopic (exact) mass is 773 g/mol. The summed E-state index contributed by atoms with van der Waals surface area (Å²) in [7, 11) is -3.09. The number of halogens is 5. The molecule has 2 heterocycles. The molecular weight excluding hydrogens is 710 g/mol. The number of amides is 1. The molecule has 12 heteroatoms. The fourth-order valence-electron chi connectivity index (χ4n) is 5.19. The number of benzene rings is 4. The minimum atomic E-state index is -5.29.